The molecule has 2 aromatic carbocycles. The van der Waals surface area contributed by atoms with Crippen molar-refractivity contribution >= 4 is 88.7 Å². The maximum Gasteiger partial charge on any atom is 0.326 e. The van der Waals surface area contributed by atoms with Crippen molar-refractivity contribution in [1.29, 1.82) is 0 Å². The van der Waals surface area contributed by atoms with E-state index in [1.54, 1.807) is 64.3 Å². The second kappa shape index (κ2) is 41.9. The number of carboxylic acid groups (broad SMARTS) is 2. The van der Waals surface area contributed by atoms with Gasteiger partial charge in [-0.3, -0.25) is 57.5 Å². The first kappa shape index (κ1) is 80.6. The largest absolute Gasteiger partial charge is 0.508 e. The predicted octanol–water partition coefficient (Wildman–Crippen LogP) is -4.48. The molecule has 22 N–H and O–H groups in total. The molecule has 0 saturated heterocycles. The number of rotatable bonds is 44. The average Bonchev–Trinajstić information content (AvgIpc) is 0.974. The molecule has 518 valence electrons. The van der Waals surface area contributed by atoms with Gasteiger partial charge in [-0.2, -0.15) is 11.8 Å². The molecule has 32 nitrogen and oxygen atoms in total. The van der Waals surface area contributed by atoms with E-state index in [9.17, 15) is 87.9 Å². The lowest BCUT2D eigenvalue weighted by atomic mass is 9.97. The molecule has 0 unspecified atom stereocenters. The Morgan fingerprint density at radius 3 is 1.40 bits per heavy atom. The molecular weight excluding hydrogens is 1240 g/mol. The van der Waals surface area contributed by atoms with Gasteiger partial charge in [0.05, 0.1) is 31.8 Å². The van der Waals surface area contributed by atoms with Crippen LogP contribution >= 0.6 is 11.8 Å². The lowest BCUT2D eigenvalue weighted by molar-refractivity contribution is -0.143. The van der Waals surface area contributed by atoms with E-state index >= 15 is 0 Å². The Balaban J connectivity index is 2.59. The third-order valence-electron chi connectivity index (χ3n) is 14.6. The summed E-state index contributed by atoms with van der Waals surface area (Å²) in [6.45, 7) is 5.89. The van der Waals surface area contributed by atoms with Gasteiger partial charge < -0.3 is 101 Å². The highest BCUT2D eigenvalue weighted by molar-refractivity contribution is 7.98. The zero-order valence-corrected chi connectivity index (χ0v) is 53.8. The highest BCUT2D eigenvalue weighted by Gasteiger charge is 2.38. The number of nitrogens with one attached hydrogen (secondary N) is 10. The van der Waals surface area contributed by atoms with Crippen molar-refractivity contribution in [3.05, 3.63) is 65.7 Å². The summed E-state index contributed by atoms with van der Waals surface area (Å²) in [4.78, 5) is 175. The smallest absolute Gasteiger partial charge is 0.326 e. The fourth-order valence-electron chi connectivity index (χ4n) is 9.10. The van der Waals surface area contributed by atoms with Crippen LogP contribution in [-0.4, -0.2) is 212 Å². The number of primary amides is 1. The van der Waals surface area contributed by atoms with E-state index < -0.39 is 188 Å². The molecule has 0 saturated carbocycles. The number of thioether (sulfide) groups is 1. The molecule has 2 aromatic rings. The van der Waals surface area contributed by atoms with E-state index in [2.05, 4.69) is 53.2 Å². The topological polar surface area (TPSA) is 542 Å². The van der Waals surface area contributed by atoms with Crippen molar-refractivity contribution in [2.45, 2.75) is 178 Å². The van der Waals surface area contributed by atoms with Crippen LogP contribution in [0.2, 0.25) is 0 Å². The van der Waals surface area contributed by atoms with E-state index in [1.807, 2.05) is 0 Å². The Labute approximate surface area is 543 Å². The average molecular weight is 1330 g/mol. The lowest BCUT2D eigenvalue weighted by Crippen LogP contribution is -2.63. The number of carbonyl (C=O) groups excluding carboxylic acids is 11. The highest BCUT2D eigenvalue weighted by atomic mass is 32.2. The zero-order valence-electron chi connectivity index (χ0n) is 53.0. The van der Waals surface area contributed by atoms with Gasteiger partial charge >= 0.3 is 11.9 Å². The van der Waals surface area contributed by atoms with Crippen LogP contribution in [0.1, 0.15) is 104 Å². The molecule has 0 aliphatic rings. The minimum atomic E-state index is -1.89. The predicted molar refractivity (Wildman–Crippen MR) is 338 cm³/mol. The van der Waals surface area contributed by atoms with Crippen molar-refractivity contribution in [3.63, 3.8) is 0 Å². The number of phenols is 1. The van der Waals surface area contributed by atoms with Crippen LogP contribution in [0.3, 0.4) is 0 Å². The first-order chi connectivity index (χ1) is 43.9. The molecule has 13 atom stereocenters. The van der Waals surface area contributed by atoms with Crippen molar-refractivity contribution in [3.8, 4) is 5.75 Å². The number of aromatic hydroxyl groups is 1. The van der Waals surface area contributed by atoms with Crippen molar-refractivity contribution in [2.24, 2.45) is 29.0 Å². The van der Waals surface area contributed by atoms with Gasteiger partial charge in [-0.1, -0.05) is 76.6 Å². The monoisotopic (exact) mass is 1330 g/mol. The summed E-state index contributed by atoms with van der Waals surface area (Å²) in [5.41, 5.74) is 17.8. The van der Waals surface area contributed by atoms with Gasteiger partial charge in [0.15, 0.2) is 0 Å². The Hall–Kier alpha value is -8.50. The van der Waals surface area contributed by atoms with Gasteiger partial charge in [0.1, 0.15) is 66.2 Å². The van der Waals surface area contributed by atoms with E-state index in [0.29, 0.717) is 17.5 Å². The van der Waals surface area contributed by atoms with Crippen LogP contribution in [0.15, 0.2) is 54.6 Å². The molecule has 0 spiro atoms. The van der Waals surface area contributed by atoms with E-state index in [1.165, 1.54) is 36.0 Å². The first-order valence-electron chi connectivity index (χ1n) is 30.3. The maximum absolute atomic E-state index is 14.8. The second-order valence-electron chi connectivity index (χ2n) is 22.8. The molecule has 0 bridgehead atoms. The number of aliphatic hydroxyl groups is 3. The number of carboxylic acids is 2. The lowest BCUT2D eigenvalue weighted by Gasteiger charge is -2.29. The number of hydrogen-bond acceptors (Lipinski definition) is 20. The number of amides is 11. The molecule has 0 fully saturated rings. The quantitative estimate of drug-likeness (QED) is 0.0278. The van der Waals surface area contributed by atoms with Gasteiger partial charge in [0.25, 0.3) is 0 Å². The first-order valence-corrected chi connectivity index (χ1v) is 31.7. The number of carbonyl (C=O) groups is 13. The van der Waals surface area contributed by atoms with Gasteiger partial charge in [0.2, 0.25) is 65.0 Å². The summed E-state index contributed by atoms with van der Waals surface area (Å²) >= 11 is 1.27. The number of hydrogen-bond donors (Lipinski definition) is 19. The maximum atomic E-state index is 14.8. The van der Waals surface area contributed by atoms with Crippen LogP contribution in [0.4, 0.5) is 0 Å². The zero-order chi connectivity index (χ0) is 70.1. The number of benzene rings is 2. The molecule has 0 aliphatic heterocycles. The Morgan fingerprint density at radius 2 is 0.935 bits per heavy atom. The van der Waals surface area contributed by atoms with Crippen LogP contribution in [0.25, 0.3) is 0 Å². The van der Waals surface area contributed by atoms with Crippen molar-refractivity contribution < 1.29 is 93.0 Å². The molecule has 0 radical (unpaired) electrons. The van der Waals surface area contributed by atoms with Gasteiger partial charge in [-0.15, -0.1) is 0 Å². The molecule has 2 rings (SSSR count). The Kier molecular flexibility index (Phi) is 36.3. The number of phenolic OH excluding ortho intramolecular Hbond substituents is 1. The molecular formula is C60H93N13O19S. The van der Waals surface area contributed by atoms with Crippen LogP contribution in [-0.2, 0) is 75.2 Å². The summed E-state index contributed by atoms with van der Waals surface area (Å²) in [6, 6.07) is -3.91. The fraction of sp³-hybridized carbons (Fsp3) is 0.583. The van der Waals surface area contributed by atoms with Gasteiger partial charge in [-0.25, -0.2) is 4.79 Å². The fourth-order valence-corrected chi connectivity index (χ4v) is 9.57. The van der Waals surface area contributed by atoms with E-state index in [4.69, 9.17) is 22.3 Å². The van der Waals surface area contributed by atoms with Crippen molar-refractivity contribution in [1.82, 2.24) is 53.2 Å². The molecule has 0 aliphatic carbocycles. The van der Waals surface area contributed by atoms with Crippen LogP contribution in [0, 0.1) is 11.8 Å². The normalized spacial score (nSPS) is 15.4. The number of aliphatic carboxylic acids is 2. The summed E-state index contributed by atoms with van der Waals surface area (Å²) in [5, 5.41) is 84.5. The standard InChI is InChI=1S/C60H93N13O19S/c1-7-32(4)48(72-50(81)37(62)28-47(79)80)58(89)71-45(30-75)57(88)73-49(33(5)76)59(90)66-38(15-11-12-23-61)51(82)67-42(27-35-16-18-36(77)19-17-35)55(86)68-41(26-34-13-9-8-10-14-34)54(85)64-39(20-21-46(63)78)52(83)65-40(22-24-93-6)53(84)70-44(29-74)56(87)69-43(60(91)92)25-31(2)3/h8-10,13-14,16-19,31-33,37-45,48-49,74-77H,7,11-12,15,20-30,61-62H2,1-6H3,(H2,63,78)(H,64,85)(H,65,83)(H,66,90)(H,67,82)(H,68,86)(H,69,87)(H,70,84)(H,71,89)(H,72,81)(H,73,88)(H,79,80)(H,91,92)/t32-,33+,37-,38-,39-,40-,41-,42-,43-,44-,45-,48-,49-/m0/s1. The third kappa shape index (κ3) is 29.3. The Morgan fingerprint density at radius 1 is 0.516 bits per heavy atom. The number of nitrogens with two attached hydrogens (primary N) is 3. The molecule has 33 heteroatoms. The van der Waals surface area contributed by atoms with Gasteiger partial charge in [0, 0.05) is 19.3 Å². The molecule has 93 heavy (non-hydrogen) atoms. The minimum absolute atomic E-state index is 0.0227. The molecule has 0 aromatic heterocycles. The SMILES string of the molecule is CC[C@H](C)[C@H](NC(=O)[C@@H](N)CC(=O)O)C(=O)N[C@@H](CO)C(=O)N[C@H](C(=O)N[C@@H](CCCCN)C(=O)N[C@@H](Cc1ccc(O)cc1)C(=O)N[C@@H](Cc1ccccc1)C(=O)N[C@@H](CCC(N)=O)C(=O)N[C@@H](CCSC)C(=O)N[C@@H](CO)C(=O)N[C@@H](CC(C)C)C(=O)O)[C@@H](C)O. The number of aliphatic hydroxyl groups excluding tert-OH is 3. The Bertz CT molecular complexity index is 2820. The summed E-state index contributed by atoms with van der Waals surface area (Å²) < 4.78 is 0. The second-order valence-corrected chi connectivity index (χ2v) is 23.7. The van der Waals surface area contributed by atoms with Gasteiger partial charge in [-0.05, 0) is 99.1 Å². The minimum Gasteiger partial charge on any atom is -0.508 e. The molecule has 0 heterocycles. The van der Waals surface area contributed by atoms with E-state index in [0.717, 1.165) is 6.92 Å². The summed E-state index contributed by atoms with van der Waals surface area (Å²) in [7, 11) is 0. The van der Waals surface area contributed by atoms with Crippen LogP contribution in [0.5, 0.6) is 5.75 Å². The van der Waals surface area contributed by atoms with E-state index in [-0.39, 0.29) is 68.9 Å². The summed E-state index contributed by atoms with van der Waals surface area (Å²) in [5.74, 6) is -14.8. The molecule has 11 amide bonds. The highest BCUT2D eigenvalue weighted by Crippen LogP contribution is 2.16. The summed E-state index contributed by atoms with van der Waals surface area (Å²) in [6.07, 6.45) is -1.76. The van der Waals surface area contributed by atoms with Crippen LogP contribution < -0.4 is 70.4 Å². The third-order valence-corrected chi connectivity index (χ3v) is 15.2. The number of unbranched alkanes of at least 4 members (excludes halogenated alkanes) is 1. The van der Waals surface area contributed by atoms with Crippen molar-refractivity contribution in [2.75, 3.05) is 31.8 Å².